The van der Waals surface area contributed by atoms with Gasteiger partial charge in [-0.3, -0.25) is 19.5 Å². The van der Waals surface area contributed by atoms with Gasteiger partial charge in [0.15, 0.2) is 0 Å². The standard InChI is InChI=1S/C24H19ClN4O4S/c25-17-8-9-18(24(30)29-12-13-33-21-6-2-1-4-16(21)15-29)20(14-17)28-34(31,32)22-7-3-5-19-23(22)27-11-10-26-19/h1-11,14,28H,12-13,15H2. The molecule has 1 aliphatic heterocycles. The molecular formula is C24H19ClN4O4S. The number of fused-ring (bicyclic) bond motifs is 2. The highest BCUT2D eigenvalue weighted by Gasteiger charge is 2.26. The second kappa shape index (κ2) is 8.92. The van der Waals surface area contributed by atoms with Gasteiger partial charge in [-0.1, -0.05) is 35.9 Å². The highest BCUT2D eigenvalue weighted by Crippen LogP contribution is 2.29. The molecular weight excluding hydrogens is 476 g/mol. The first-order valence-corrected chi connectivity index (χ1v) is 12.3. The van der Waals surface area contributed by atoms with Crippen LogP contribution in [-0.4, -0.2) is 42.3 Å². The zero-order valence-corrected chi connectivity index (χ0v) is 19.4. The molecule has 10 heteroatoms. The Morgan fingerprint density at radius 3 is 2.74 bits per heavy atom. The zero-order valence-electron chi connectivity index (χ0n) is 17.8. The van der Waals surface area contributed by atoms with E-state index in [9.17, 15) is 13.2 Å². The molecule has 1 aliphatic rings. The van der Waals surface area contributed by atoms with Crippen molar-refractivity contribution in [3.63, 3.8) is 0 Å². The largest absolute Gasteiger partial charge is 0.491 e. The Kier molecular flexibility index (Phi) is 5.80. The summed E-state index contributed by atoms with van der Waals surface area (Å²) in [5, 5.41) is 0.288. The maximum atomic E-state index is 13.5. The monoisotopic (exact) mass is 494 g/mol. The molecule has 0 saturated heterocycles. The molecule has 0 radical (unpaired) electrons. The Labute approximate surface area is 201 Å². The highest BCUT2D eigenvalue weighted by atomic mass is 35.5. The normalized spacial score (nSPS) is 13.6. The van der Waals surface area contributed by atoms with Crippen LogP contribution in [-0.2, 0) is 16.6 Å². The Bertz CT molecular complexity index is 1500. The number of anilines is 1. The van der Waals surface area contributed by atoms with Gasteiger partial charge in [-0.2, -0.15) is 0 Å². The van der Waals surface area contributed by atoms with Gasteiger partial charge in [0.25, 0.3) is 15.9 Å². The molecule has 1 aromatic heterocycles. The van der Waals surface area contributed by atoms with Gasteiger partial charge in [0.2, 0.25) is 0 Å². The topological polar surface area (TPSA) is 101 Å². The van der Waals surface area contributed by atoms with E-state index in [-0.39, 0.29) is 32.6 Å². The minimum atomic E-state index is -4.11. The van der Waals surface area contributed by atoms with Crippen molar-refractivity contribution in [1.82, 2.24) is 14.9 Å². The van der Waals surface area contributed by atoms with Crippen LogP contribution in [0.15, 0.2) is 78.0 Å². The minimum absolute atomic E-state index is 0.0476. The summed E-state index contributed by atoms with van der Waals surface area (Å²) >= 11 is 6.17. The van der Waals surface area contributed by atoms with Crippen molar-refractivity contribution in [2.45, 2.75) is 11.4 Å². The molecule has 0 spiro atoms. The van der Waals surface area contributed by atoms with Crippen molar-refractivity contribution in [2.75, 3.05) is 17.9 Å². The van der Waals surface area contributed by atoms with Crippen LogP contribution >= 0.6 is 11.6 Å². The number of nitrogens with one attached hydrogen (secondary N) is 1. The number of carbonyl (C=O) groups is 1. The summed E-state index contributed by atoms with van der Waals surface area (Å²) in [6, 6.07) is 16.7. The average Bonchev–Trinajstić information content (AvgIpc) is 3.06. The van der Waals surface area contributed by atoms with Crippen LogP contribution in [0.1, 0.15) is 15.9 Å². The van der Waals surface area contributed by atoms with E-state index >= 15 is 0 Å². The highest BCUT2D eigenvalue weighted by molar-refractivity contribution is 7.93. The van der Waals surface area contributed by atoms with Crippen LogP contribution in [0.4, 0.5) is 5.69 Å². The van der Waals surface area contributed by atoms with Crippen molar-refractivity contribution in [3.05, 3.63) is 89.2 Å². The first-order chi connectivity index (χ1) is 16.4. The average molecular weight is 495 g/mol. The van der Waals surface area contributed by atoms with Crippen LogP contribution in [0, 0.1) is 0 Å². The Balaban J connectivity index is 1.50. The number of ether oxygens (including phenoxy) is 1. The van der Waals surface area contributed by atoms with Gasteiger partial charge in [0.05, 0.1) is 23.3 Å². The van der Waals surface area contributed by atoms with Crippen molar-refractivity contribution in [1.29, 1.82) is 0 Å². The molecule has 2 heterocycles. The van der Waals surface area contributed by atoms with Crippen molar-refractivity contribution >= 4 is 44.3 Å². The van der Waals surface area contributed by atoms with Gasteiger partial charge in [-0.15, -0.1) is 0 Å². The number of hydrogen-bond donors (Lipinski definition) is 1. The van der Waals surface area contributed by atoms with Gasteiger partial charge in [-0.05, 0) is 36.4 Å². The Hall–Kier alpha value is -3.69. The fourth-order valence-corrected chi connectivity index (χ4v) is 5.25. The van der Waals surface area contributed by atoms with Gasteiger partial charge in [0.1, 0.15) is 22.8 Å². The van der Waals surface area contributed by atoms with Gasteiger partial charge >= 0.3 is 0 Å². The van der Waals surface area contributed by atoms with Gasteiger partial charge < -0.3 is 9.64 Å². The summed E-state index contributed by atoms with van der Waals surface area (Å²) in [5.41, 5.74) is 1.80. The lowest BCUT2D eigenvalue weighted by molar-refractivity contribution is 0.0734. The quantitative estimate of drug-likeness (QED) is 0.458. The summed E-state index contributed by atoms with van der Waals surface area (Å²) in [5.74, 6) is 0.388. The third-order valence-corrected chi connectivity index (χ3v) is 7.08. The molecule has 0 unspecified atom stereocenters. The predicted molar refractivity (Wildman–Crippen MR) is 128 cm³/mol. The predicted octanol–water partition coefficient (Wildman–Crippen LogP) is 4.12. The maximum Gasteiger partial charge on any atom is 0.264 e. The van der Waals surface area contributed by atoms with Gasteiger partial charge in [0, 0.05) is 29.5 Å². The summed E-state index contributed by atoms with van der Waals surface area (Å²) < 4.78 is 34.9. The molecule has 1 N–H and O–H groups in total. The molecule has 1 amide bonds. The van der Waals surface area contributed by atoms with Crippen LogP contribution in [0.5, 0.6) is 5.75 Å². The number of hydrogen-bond acceptors (Lipinski definition) is 6. The molecule has 34 heavy (non-hydrogen) atoms. The molecule has 0 aliphatic carbocycles. The molecule has 0 atom stereocenters. The van der Waals surface area contributed by atoms with E-state index in [2.05, 4.69) is 14.7 Å². The SMILES string of the molecule is O=C(c1ccc(Cl)cc1NS(=O)(=O)c1cccc2nccnc12)N1CCOc2ccccc2C1. The maximum absolute atomic E-state index is 13.5. The van der Waals surface area contributed by atoms with Crippen LogP contribution < -0.4 is 9.46 Å². The fraction of sp³-hybridized carbons (Fsp3) is 0.125. The summed E-state index contributed by atoms with van der Waals surface area (Å²) in [7, 11) is -4.11. The van der Waals surface area contributed by atoms with E-state index in [0.29, 0.717) is 25.2 Å². The fourth-order valence-electron chi connectivity index (χ4n) is 3.84. The first kappa shape index (κ1) is 22.1. The van der Waals surface area contributed by atoms with Crippen molar-refractivity contribution in [3.8, 4) is 5.75 Å². The number of amides is 1. The third kappa shape index (κ3) is 4.27. The minimum Gasteiger partial charge on any atom is -0.491 e. The lowest BCUT2D eigenvalue weighted by atomic mass is 10.1. The van der Waals surface area contributed by atoms with Crippen LogP contribution in [0.25, 0.3) is 11.0 Å². The molecule has 4 aromatic rings. The third-order valence-electron chi connectivity index (χ3n) is 5.45. The summed E-state index contributed by atoms with van der Waals surface area (Å²) in [6.07, 6.45) is 2.91. The first-order valence-electron chi connectivity index (χ1n) is 10.4. The number of nitrogens with zero attached hydrogens (tertiary/aromatic N) is 3. The number of sulfonamides is 1. The number of para-hydroxylation sites is 2. The number of rotatable bonds is 4. The molecule has 5 rings (SSSR count). The second-order valence-electron chi connectivity index (χ2n) is 7.66. The summed E-state index contributed by atoms with van der Waals surface area (Å²) in [6.45, 7) is 1.01. The molecule has 0 saturated carbocycles. The second-order valence-corrected chi connectivity index (χ2v) is 9.75. The zero-order chi connectivity index (χ0) is 23.7. The van der Waals surface area contributed by atoms with E-state index < -0.39 is 10.0 Å². The van der Waals surface area contributed by atoms with Gasteiger partial charge in [-0.25, -0.2) is 8.42 Å². The Morgan fingerprint density at radius 1 is 1.03 bits per heavy atom. The molecule has 172 valence electrons. The number of aromatic nitrogens is 2. The molecule has 3 aromatic carbocycles. The van der Waals surface area contributed by atoms with Crippen LogP contribution in [0.2, 0.25) is 5.02 Å². The van der Waals surface area contributed by atoms with Crippen molar-refractivity contribution in [2.24, 2.45) is 0 Å². The lowest BCUT2D eigenvalue weighted by Crippen LogP contribution is -2.33. The smallest absolute Gasteiger partial charge is 0.264 e. The molecule has 0 bridgehead atoms. The van der Waals surface area contributed by atoms with E-state index in [1.54, 1.807) is 23.1 Å². The number of carbonyl (C=O) groups excluding carboxylic acids is 1. The van der Waals surface area contributed by atoms with E-state index in [1.807, 2.05) is 24.3 Å². The lowest BCUT2D eigenvalue weighted by Gasteiger charge is -2.22. The van der Waals surface area contributed by atoms with Crippen LogP contribution in [0.3, 0.4) is 0 Å². The summed E-state index contributed by atoms with van der Waals surface area (Å²) in [4.78, 5) is 23.4. The Morgan fingerprint density at radius 2 is 1.85 bits per heavy atom. The van der Waals surface area contributed by atoms with E-state index in [0.717, 1.165) is 11.3 Å². The molecule has 8 nitrogen and oxygen atoms in total. The van der Waals surface area contributed by atoms with E-state index in [1.165, 1.54) is 30.6 Å². The number of benzene rings is 3. The van der Waals surface area contributed by atoms with E-state index in [4.69, 9.17) is 16.3 Å². The molecule has 0 fully saturated rings. The van der Waals surface area contributed by atoms with Crippen molar-refractivity contribution < 1.29 is 17.9 Å². The number of halogens is 1.